The van der Waals surface area contributed by atoms with Gasteiger partial charge in [-0.05, 0) is 12.8 Å². The van der Waals surface area contributed by atoms with E-state index in [2.05, 4.69) is 4.98 Å². The highest BCUT2D eigenvalue weighted by Gasteiger charge is 2.26. The molecule has 1 heterocycles. The van der Waals surface area contributed by atoms with E-state index in [-0.39, 0.29) is 17.7 Å². The largest absolute Gasteiger partial charge is 0.489 e. The van der Waals surface area contributed by atoms with Gasteiger partial charge >= 0.3 is 5.69 Å². The fourth-order valence-electron chi connectivity index (χ4n) is 1.27. The van der Waals surface area contributed by atoms with Crippen LogP contribution in [0.4, 0.5) is 11.5 Å². The summed E-state index contributed by atoms with van der Waals surface area (Å²) in [5.74, 6) is -0.0473. The Labute approximate surface area is 103 Å². The molecule has 0 bridgehead atoms. The van der Waals surface area contributed by atoms with Gasteiger partial charge in [0.1, 0.15) is 5.75 Å². The minimum atomic E-state index is -3.61. The van der Waals surface area contributed by atoms with Gasteiger partial charge in [0.05, 0.1) is 29.5 Å². The van der Waals surface area contributed by atoms with E-state index in [0.29, 0.717) is 0 Å². The van der Waals surface area contributed by atoms with Gasteiger partial charge < -0.3 is 4.74 Å². The van der Waals surface area contributed by atoms with Crippen molar-refractivity contribution in [2.75, 3.05) is 11.0 Å². The predicted octanol–water partition coefficient (Wildman–Crippen LogP) is 0.902. The molecule has 1 aromatic rings. The molecule has 0 amide bonds. The van der Waals surface area contributed by atoms with E-state index in [4.69, 9.17) is 4.74 Å². The molecule has 18 heavy (non-hydrogen) atoms. The average Bonchev–Trinajstić information content (AvgIpc) is 3.01. The van der Waals surface area contributed by atoms with E-state index >= 15 is 0 Å². The Morgan fingerprint density at radius 3 is 2.72 bits per heavy atom. The number of nitro groups is 1. The first kappa shape index (κ1) is 12.6. The summed E-state index contributed by atoms with van der Waals surface area (Å²) in [6, 6.07) is 1.17. The van der Waals surface area contributed by atoms with Crippen LogP contribution in [0.2, 0.25) is 0 Å². The Bertz CT molecular complexity index is 582. The predicted molar refractivity (Wildman–Crippen MR) is 63.0 cm³/mol. The van der Waals surface area contributed by atoms with Crippen LogP contribution < -0.4 is 9.46 Å². The Balaban J connectivity index is 2.31. The molecule has 1 fully saturated rings. The van der Waals surface area contributed by atoms with Crippen LogP contribution in [0.15, 0.2) is 12.3 Å². The maximum Gasteiger partial charge on any atom is 0.316 e. The number of ether oxygens (including phenoxy) is 1. The number of rotatable bonds is 5. The summed E-state index contributed by atoms with van der Waals surface area (Å²) in [6.45, 7) is 0. The Hall–Kier alpha value is -1.90. The number of pyridine rings is 1. The summed E-state index contributed by atoms with van der Waals surface area (Å²) in [5.41, 5.74) is -0.432. The van der Waals surface area contributed by atoms with Crippen LogP contribution in [-0.2, 0) is 10.0 Å². The van der Waals surface area contributed by atoms with Crippen LogP contribution in [0.1, 0.15) is 12.8 Å². The molecule has 0 saturated heterocycles. The monoisotopic (exact) mass is 273 g/mol. The lowest BCUT2D eigenvalue weighted by atomic mass is 10.4. The van der Waals surface area contributed by atoms with Crippen molar-refractivity contribution < 1.29 is 18.1 Å². The maximum atomic E-state index is 11.0. The molecule has 1 aromatic heterocycles. The highest BCUT2D eigenvalue weighted by molar-refractivity contribution is 7.92. The smallest absolute Gasteiger partial charge is 0.316 e. The molecule has 1 aliphatic rings. The molecule has 0 radical (unpaired) electrons. The molecule has 0 atom stereocenters. The van der Waals surface area contributed by atoms with Crippen molar-refractivity contribution in [3.63, 3.8) is 0 Å². The fourth-order valence-corrected chi connectivity index (χ4v) is 1.78. The summed E-state index contributed by atoms with van der Waals surface area (Å²) in [6.07, 6.45) is 4.07. The van der Waals surface area contributed by atoms with Crippen molar-refractivity contribution in [2.24, 2.45) is 0 Å². The van der Waals surface area contributed by atoms with Crippen LogP contribution in [0, 0.1) is 10.1 Å². The molecule has 1 saturated carbocycles. The van der Waals surface area contributed by atoms with Gasteiger partial charge in [-0.2, -0.15) is 0 Å². The number of sulfonamides is 1. The normalized spacial score (nSPS) is 15.2. The minimum Gasteiger partial charge on any atom is -0.489 e. The molecule has 9 heteroatoms. The summed E-state index contributed by atoms with van der Waals surface area (Å²) < 4.78 is 29.4. The lowest BCUT2D eigenvalue weighted by Gasteiger charge is -2.07. The zero-order valence-corrected chi connectivity index (χ0v) is 10.3. The van der Waals surface area contributed by atoms with E-state index in [0.717, 1.165) is 19.1 Å². The van der Waals surface area contributed by atoms with Crippen molar-refractivity contribution in [2.45, 2.75) is 18.9 Å². The minimum absolute atomic E-state index is 0.0834. The molecule has 1 aliphatic carbocycles. The number of nitrogens with zero attached hydrogens (tertiary/aromatic N) is 2. The molecule has 2 rings (SSSR count). The molecule has 0 aromatic carbocycles. The second-order valence-corrected chi connectivity index (χ2v) is 5.74. The maximum absolute atomic E-state index is 11.0. The first-order valence-electron chi connectivity index (χ1n) is 5.14. The first-order valence-corrected chi connectivity index (χ1v) is 7.03. The van der Waals surface area contributed by atoms with E-state index in [1.807, 2.05) is 4.72 Å². The van der Waals surface area contributed by atoms with E-state index in [9.17, 15) is 18.5 Å². The number of aromatic nitrogens is 1. The average molecular weight is 273 g/mol. The van der Waals surface area contributed by atoms with Crippen LogP contribution in [0.3, 0.4) is 0 Å². The molecule has 98 valence electrons. The van der Waals surface area contributed by atoms with Crippen molar-refractivity contribution in [3.05, 3.63) is 22.4 Å². The summed E-state index contributed by atoms with van der Waals surface area (Å²) in [7, 11) is -3.61. The van der Waals surface area contributed by atoms with Gasteiger partial charge in [-0.15, -0.1) is 0 Å². The molecule has 0 spiro atoms. The molecule has 8 nitrogen and oxygen atoms in total. The molecule has 1 N–H and O–H groups in total. The third kappa shape index (κ3) is 3.29. The van der Waals surface area contributed by atoms with Crippen molar-refractivity contribution in [3.8, 4) is 5.75 Å². The van der Waals surface area contributed by atoms with Gasteiger partial charge in [-0.1, -0.05) is 0 Å². The number of nitrogens with one attached hydrogen (secondary N) is 1. The Morgan fingerprint density at radius 1 is 1.56 bits per heavy atom. The molecular weight excluding hydrogens is 262 g/mol. The summed E-state index contributed by atoms with van der Waals surface area (Å²) in [4.78, 5) is 13.8. The van der Waals surface area contributed by atoms with E-state index in [1.165, 1.54) is 12.3 Å². The second kappa shape index (κ2) is 4.41. The highest BCUT2D eigenvalue weighted by atomic mass is 32.2. The standard InChI is InChI=1S/C9H11N3O5S/c1-18(15,16)11-9-8(12(13)14)4-7(5-10-9)17-6-2-3-6/h4-6H,2-3H2,1H3,(H,10,11). The van der Waals surface area contributed by atoms with Crippen molar-refractivity contribution >= 4 is 21.5 Å². The lowest BCUT2D eigenvalue weighted by molar-refractivity contribution is -0.384. The quantitative estimate of drug-likeness (QED) is 0.630. The van der Waals surface area contributed by atoms with Gasteiger partial charge in [0.25, 0.3) is 0 Å². The summed E-state index contributed by atoms with van der Waals surface area (Å²) in [5, 5.41) is 10.8. The highest BCUT2D eigenvalue weighted by Crippen LogP contribution is 2.31. The molecular formula is C9H11N3O5S. The topological polar surface area (TPSA) is 111 Å². The summed E-state index contributed by atoms with van der Waals surface area (Å²) >= 11 is 0. The van der Waals surface area contributed by atoms with Gasteiger partial charge in [0.15, 0.2) is 0 Å². The lowest BCUT2D eigenvalue weighted by Crippen LogP contribution is -2.12. The van der Waals surface area contributed by atoms with E-state index in [1.54, 1.807) is 0 Å². The van der Waals surface area contributed by atoms with Crippen LogP contribution >= 0.6 is 0 Å². The first-order chi connectivity index (χ1) is 8.35. The number of anilines is 1. The van der Waals surface area contributed by atoms with E-state index < -0.39 is 20.6 Å². The van der Waals surface area contributed by atoms with Gasteiger partial charge in [0, 0.05) is 0 Å². The zero-order valence-electron chi connectivity index (χ0n) is 9.49. The van der Waals surface area contributed by atoms with Gasteiger partial charge in [0.2, 0.25) is 15.8 Å². The second-order valence-electron chi connectivity index (χ2n) is 3.99. The van der Waals surface area contributed by atoms with Crippen molar-refractivity contribution in [1.82, 2.24) is 4.98 Å². The zero-order chi connectivity index (χ0) is 13.3. The Morgan fingerprint density at radius 2 is 2.22 bits per heavy atom. The van der Waals surface area contributed by atoms with Crippen LogP contribution in [0.25, 0.3) is 0 Å². The van der Waals surface area contributed by atoms with Gasteiger partial charge in [-0.25, -0.2) is 13.4 Å². The fraction of sp³-hybridized carbons (Fsp3) is 0.444. The third-order valence-corrected chi connectivity index (χ3v) is 2.71. The van der Waals surface area contributed by atoms with Crippen LogP contribution in [-0.4, -0.2) is 30.7 Å². The molecule has 0 unspecified atom stereocenters. The SMILES string of the molecule is CS(=O)(=O)Nc1ncc(OC2CC2)cc1[N+](=O)[O-]. The van der Waals surface area contributed by atoms with Gasteiger partial charge in [-0.3, -0.25) is 14.8 Å². The Kier molecular flexibility index (Phi) is 3.07. The van der Waals surface area contributed by atoms with Crippen LogP contribution in [0.5, 0.6) is 5.75 Å². The van der Waals surface area contributed by atoms with Crippen molar-refractivity contribution in [1.29, 1.82) is 0 Å². The number of hydrogen-bond acceptors (Lipinski definition) is 6. The number of hydrogen-bond donors (Lipinski definition) is 1. The third-order valence-electron chi connectivity index (χ3n) is 2.15. The molecule has 0 aliphatic heterocycles.